The molecule has 0 fully saturated rings. The van der Waals surface area contributed by atoms with Gasteiger partial charge in [0.2, 0.25) is 0 Å². The van der Waals surface area contributed by atoms with Gasteiger partial charge in [-0.2, -0.15) is 0 Å². The molecular weight excluding hydrogens is 401 g/mol. The number of benzene rings is 3. The van der Waals surface area contributed by atoms with Crippen molar-refractivity contribution in [2.75, 3.05) is 5.32 Å². The second-order valence-corrected chi connectivity index (χ2v) is 6.52. The molecule has 8 heteroatoms. The summed E-state index contributed by atoms with van der Waals surface area (Å²) in [5.74, 6) is -0.310. The van der Waals surface area contributed by atoms with Gasteiger partial charge in [-0.05, 0) is 42.0 Å². The molecule has 0 saturated carbocycles. The average Bonchev–Trinajstić information content (AvgIpc) is 2.70. The number of rotatable bonds is 5. The van der Waals surface area contributed by atoms with E-state index in [9.17, 15) is 14.9 Å². The van der Waals surface area contributed by atoms with Crippen molar-refractivity contribution in [1.82, 2.24) is 0 Å². The number of carbonyl (C=O) groups excluding carboxylic acids is 1. The van der Waals surface area contributed by atoms with Gasteiger partial charge in [0, 0.05) is 23.9 Å². The van der Waals surface area contributed by atoms with Crippen LogP contribution in [0, 0.1) is 10.1 Å². The van der Waals surface area contributed by atoms with E-state index < -0.39 is 4.92 Å². The minimum Gasteiger partial charge on any atom is -0.321 e. The van der Waals surface area contributed by atoms with Crippen molar-refractivity contribution >= 4 is 52.4 Å². The number of nitrogens with zero attached hydrogens (tertiary/aromatic N) is 2. The molecule has 0 heterocycles. The number of non-ortho nitro benzene ring substituents is 1. The Morgan fingerprint density at radius 3 is 2.32 bits per heavy atom. The summed E-state index contributed by atoms with van der Waals surface area (Å²) in [6, 6.07) is 17.7. The number of nitro benzene ring substituents is 1. The first-order valence-corrected chi connectivity index (χ1v) is 8.83. The molecule has 0 spiro atoms. The van der Waals surface area contributed by atoms with Crippen LogP contribution >= 0.6 is 23.2 Å². The summed E-state index contributed by atoms with van der Waals surface area (Å²) in [5, 5.41) is 14.0. The van der Waals surface area contributed by atoms with Gasteiger partial charge >= 0.3 is 0 Å². The zero-order chi connectivity index (χ0) is 20.1. The predicted octanol–water partition coefficient (Wildman–Crippen LogP) is 5.90. The van der Waals surface area contributed by atoms with Gasteiger partial charge in [0.05, 0.1) is 26.3 Å². The predicted molar refractivity (Wildman–Crippen MR) is 111 cm³/mol. The molecule has 0 aliphatic carbocycles. The van der Waals surface area contributed by atoms with E-state index in [4.69, 9.17) is 23.2 Å². The number of nitrogens with one attached hydrogen (secondary N) is 1. The Labute approximate surface area is 170 Å². The van der Waals surface area contributed by atoms with E-state index >= 15 is 0 Å². The van der Waals surface area contributed by atoms with Crippen molar-refractivity contribution in [3.63, 3.8) is 0 Å². The number of halogens is 2. The minimum absolute atomic E-state index is 0.00686. The normalized spacial score (nSPS) is 10.8. The molecule has 3 aromatic carbocycles. The van der Waals surface area contributed by atoms with Crippen LogP contribution in [-0.2, 0) is 0 Å². The number of nitro groups is 1. The molecule has 3 rings (SSSR count). The highest BCUT2D eigenvalue weighted by Gasteiger charge is 2.11. The average molecular weight is 414 g/mol. The van der Waals surface area contributed by atoms with Crippen LogP contribution in [0.15, 0.2) is 71.7 Å². The Hall–Kier alpha value is -3.22. The van der Waals surface area contributed by atoms with Crippen molar-refractivity contribution < 1.29 is 9.72 Å². The fourth-order valence-corrected chi connectivity index (χ4v) is 2.82. The molecule has 0 unspecified atom stereocenters. The summed E-state index contributed by atoms with van der Waals surface area (Å²) in [6.07, 6.45) is 1.52. The van der Waals surface area contributed by atoms with E-state index in [0.717, 1.165) is 0 Å². The number of aliphatic imine (C=N–C) groups is 1. The lowest BCUT2D eigenvalue weighted by atomic mass is 10.2. The first kappa shape index (κ1) is 19.5. The van der Waals surface area contributed by atoms with Gasteiger partial charge in [0.15, 0.2) is 0 Å². The van der Waals surface area contributed by atoms with Gasteiger partial charge in [-0.1, -0.05) is 41.4 Å². The first-order chi connectivity index (χ1) is 13.4. The standard InChI is InChI=1S/C20H13Cl2N3O3/c21-16-10-17(22)19(24-20(26)14-4-2-1-3-5-14)11-18(16)23-12-13-6-8-15(9-7-13)25(27)28/h1-12H,(H,24,26). The summed E-state index contributed by atoms with van der Waals surface area (Å²) in [5.41, 5.74) is 1.91. The highest BCUT2D eigenvalue weighted by atomic mass is 35.5. The number of anilines is 1. The lowest BCUT2D eigenvalue weighted by molar-refractivity contribution is -0.384. The largest absolute Gasteiger partial charge is 0.321 e. The van der Waals surface area contributed by atoms with Gasteiger partial charge in [-0.15, -0.1) is 0 Å². The molecule has 0 aliphatic rings. The molecule has 6 nitrogen and oxygen atoms in total. The van der Waals surface area contributed by atoms with Crippen molar-refractivity contribution in [1.29, 1.82) is 0 Å². The number of amides is 1. The molecule has 3 aromatic rings. The van der Waals surface area contributed by atoms with Gasteiger partial charge in [-0.25, -0.2) is 0 Å². The summed E-state index contributed by atoms with van der Waals surface area (Å²) < 4.78 is 0. The van der Waals surface area contributed by atoms with Crippen molar-refractivity contribution in [2.45, 2.75) is 0 Å². The minimum atomic E-state index is -0.474. The maximum Gasteiger partial charge on any atom is 0.269 e. The van der Waals surface area contributed by atoms with Crippen molar-refractivity contribution in [3.05, 3.63) is 98.0 Å². The van der Waals surface area contributed by atoms with Crippen LogP contribution in [0.3, 0.4) is 0 Å². The maximum absolute atomic E-state index is 12.3. The highest BCUT2D eigenvalue weighted by molar-refractivity contribution is 6.38. The molecule has 0 atom stereocenters. The molecule has 0 bridgehead atoms. The highest BCUT2D eigenvalue weighted by Crippen LogP contribution is 2.34. The molecule has 140 valence electrons. The van der Waals surface area contributed by atoms with Gasteiger partial charge in [0.1, 0.15) is 0 Å². The van der Waals surface area contributed by atoms with E-state index in [0.29, 0.717) is 27.5 Å². The number of carbonyl (C=O) groups is 1. The first-order valence-electron chi connectivity index (χ1n) is 8.08. The molecule has 1 amide bonds. The fourth-order valence-electron chi connectivity index (χ4n) is 2.34. The Bertz CT molecular complexity index is 1050. The second-order valence-electron chi connectivity index (χ2n) is 5.71. The molecule has 0 saturated heterocycles. The quantitative estimate of drug-likeness (QED) is 0.320. The third kappa shape index (κ3) is 4.73. The number of hydrogen-bond acceptors (Lipinski definition) is 4. The van der Waals surface area contributed by atoms with Crippen LogP contribution < -0.4 is 5.32 Å². The van der Waals surface area contributed by atoms with Gasteiger partial charge in [0.25, 0.3) is 11.6 Å². The Morgan fingerprint density at radius 1 is 1.00 bits per heavy atom. The third-order valence-electron chi connectivity index (χ3n) is 3.78. The van der Waals surface area contributed by atoms with E-state index in [1.165, 1.54) is 24.4 Å². The Morgan fingerprint density at radius 2 is 1.68 bits per heavy atom. The summed E-state index contributed by atoms with van der Waals surface area (Å²) >= 11 is 12.4. The lowest BCUT2D eigenvalue weighted by Gasteiger charge is -2.09. The van der Waals surface area contributed by atoms with E-state index in [1.807, 2.05) is 6.07 Å². The second kappa shape index (κ2) is 8.65. The third-order valence-corrected chi connectivity index (χ3v) is 4.39. The van der Waals surface area contributed by atoms with E-state index in [-0.39, 0.29) is 16.6 Å². The molecule has 28 heavy (non-hydrogen) atoms. The summed E-state index contributed by atoms with van der Waals surface area (Å²) in [4.78, 5) is 26.9. The Kier molecular flexibility index (Phi) is 6.03. The maximum atomic E-state index is 12.3. The van der Waals surface area contributed by atoms with Crippen LogP contribution in [0.25, 0.3) is 0 Å². The van der Waals surface area contributed by atoms with E-state index in [1.54, 1.807) is 42.5 Å². The monoisotopic (exact) mass is 413 g/mol. The topological polar surface area (TPSA) is 84.6 Å². The van der Waals surface area contributed by atoms with Crippen molar-refractivity contribution in [3.8, 4) is 0 Å². The Balaban J connectivity index is 1.83. The molecule has 0 radical (unpaired) electrons. The van der Waals surface area contributed by atoms with Gasteiger partial charge < -0.3 is 5.32 Å². The van der Waals surface area contributed by atoms with E-state index in [2.05, 4.69) is 10.3 Å². The van der Waals surface area contributed by atoms with Crippen LogP contribution in [-0.4, -0.2) is 17.0 Å². The van der Waals surface area contributed by atoms with Crippen LogP contribution in [0.2, 0.25) is 10.0 Å². The van der Waals surface area contributed by atoms with Crippen LogP contribution in [0.4, 0.5) is 17.1 Å². The fraction of sp³-hybridized carbons (Fsp3) is 0. The summed E-state index contributed by atoms with van der Waals surface area (Å²) in [6.45, 7) is 0. The van der Waals surface area contributed by atoms with Crippen LogP contribution in [0.1, 0.15) is 15.9 Å². The summed E-state index contributed by atoms with van der Waals surface area (Å²) in [7, 11) is 0. The van der Waals surface area contributed by atoms with Gasteiger partial charge in [-0.3, -0.25) is 19.9 Å². The molecule has 0 aromatic heterocycles. The number of hydrogen-bond donors (Lipinski definition) is 1. The molecule has 0 aliphatic heterocycles. The smallest absolute Gasteiger partial charge is 0.269 e. The zero-order valence-electron chi connectivity index (χ0n) is 14.3. The van der Waals surface area contributed by atoms with Crippen molar-refractivity contribution in [2.24, 2.45) is 4.99 Å². The zero-order valence-corrected chi connectivity index (χ0v) is 15.8. The molecular formula is C20H13Cl2N3O3. The molecule has 1 N–H and O–H groups in total. The SMILES string of the molecule is O=C(Nc1cc(N=Cc2ccc([N+](=O)[O-])cc2)c(Cl)cc1Cl)c1ccccc1. The van der Waals surface area contributed by atoms with Crippen LogP contribution in [0.5, 0.6) is 0 Å². The lowest BCUT2D eigenvalue weighted by Crippen LogP contribution is -2.11.